The van der Waals surface area contributed by atoms with E-state index in [-0.39, 0.29) is 11.9 Å². The number of piperazine rings is 1. The van der Waals surface area contributed by atoms with Crippen molar-refractivity contribution in [1.29, 1.82) is 0 Å². The Morgan fingerprint density at radius 1 is 1.11 bits per heavy atom. The van der Waals surface area contributed by atoms with Crippen LogP contribution in [0.4, 0.5) is 16.3 Å². The van der Waals surface area contributed by atoms with Gasteiger partial charge in [0.15, 0.2) is 0 Å². The molecule has 0 bridgehead atoms. The number of carbonyl (C=O) groups is 2. The molecule has 2 aromatic carbocycles. The number of halogens is 1. The van der Waals surface area contributed by atoms with Crippen LogP contribution >= 0.6 is 11.6 Å². The normalized spacial score (nSPS) is 15.0. The lowest BCUT2D eigenvalue weighted by Crippen LogP contribution is -2.49. The minimum atomic E-state index is -0.550. The fraction of sp³-hybridized carbons (Fsp3) is 0.385. The van der Waals surface area contributed by atoms with Crippen molar-refractivity contribution in [2.24, 2.45) is 11.7 Å². The molecule has 4 rings (SSSR count). The first-order valence-corrected chi connectivity index (χ1v) is 12.6. The first-order valence-electron chi connectivity index (χ1n) is 12.2. The second kappa shape index (κ2) is 11.6. The molecule has 3 aromatic rings. The van der Waals surface area contributed by atoms with Gasteiger partial charge >= 0.3 is 6.03 Å². The first-order chi connectivity index (χ1) is 17.7. The zero-order valence-electron chi connectivity index (χ0n) is 21.2. The second-order valence-electron chi connectivity index (χ2n) is 9.31. The Morgan fingerprint density at radius 2 is 1.84 bits per heavy atom. The second-order valence-corrected chi connectivity index (χ2v) is 9.75. The number of para-hydroxylation sites is 1. The van der Waals surface area contributed by atoms with Crippen LogP contribution in [-0.2, 0) is 11.3 Å². The van der Waals surface area contributed by atoms with Crippen molar-refractivity contribution in [3.63, 3.8) is 0 Å². The number of urea groups is 1. The topological polar surface area (TPSA) is 126 Å². The number of nitrogens with zero attached hydrogens (tertiary/aromatic N) is 4. The van der Waals surface area contributed by atoms with Crippen LogP contribution in [0, 0.1) is 5.92 Å². The molecule has 1 atom stereocenters. The molecule has 1 aromatic heterocycles. The minimum absolute atomic E-state index is 0.000723. The first kappa shape index (κ1) is 26.4. The van der Waals surface area contributed by atoms with Gasteiger partial charge in [-0.15, -0.1) is 0 Å². The number of carbonyl (C=O) groups excluding carboxylic acids is 2. The largest absolute Gasteiger partial charge is 0.495 e. The number of ether oxygens (including phenoxy) is 1. The maximum atomic E-state index is 12.8. The van der Waals surface area contributed by atoms with Crippen molar-refractivity contribution in [2.45, 2.75) is 26.4 Å². The molecule has 4 N–H and O–H groups in total. The molecular weight excluding hydrogens is 494 g/mol. The highest BCUT2D eigenvalue weighted by molar-refractivity contribution is 6.31. The summed E-state index contributed by atoms with van der Waals surface area (Å²) in [5.41, 5.74) is 6.94. The van der Waals surface area contributed by atoms with Gasteiger partial charge in [-0.2, -0.15) is 0 Å². The van der Waals surface area contributed by atoms with E-state index in [1.807, 2.05) is 38.1 Å². The summed E-state index contributed by atoms with van der Waals surface area (Å²) in [5.74, 6) is 1.34. The summed E-state index contributed by atoms with van der Waals surface area (Å²) < 4.78 is 5.32. The highest BCUT2D eigenvalue weighted by atomic mass is 35.5. The summed E-state index contributed by atoms with van der Waals surface area (Å²) in [4.78, 5) is 38.3. The Morgan fingerprint density at radius 3 is 2.51 bits per heavy atom. The number of hydrogen-bond acceptors (Lipinski definition) is 7. The van der Waals surface area contributed by atoms with Crippen LogP contribution in [0.25, 0.3) is 10.9 Å². The smallest absolute Gasteiger partial charge is 0.322 e. The quantitative estimate of drug-likeness (QED) is 0.410. The molecule has 1 fully saturated rings. The molecule has 2 heterocycles. The molecule has 11 heteroatoms. The summed E-state index contributed by atoms with van der Waals surface area (Å²) >= 11 is 6.08. The Balaban J connectivity index is 1.43. The van der Waals surface area contributed by atoms with E-state index in [0.29, 0.717) is 60.8 Å². The Hall–Kier alpha value is -3.63. The molecule has 0 unspecified atom stereocenters. The Kier molecular flexibility index (Phi) is 8.30. The van der Waals surface area contributed by atoms with Gasteiger partial charge in [0.2, 0.25) is 5.91 Å². The van der Waals surface area contributed by atoms with Crippen molar-refractivity contribution in [1.82, 2.24) is 19.8 Å². The van der Waals surface area contributed by atoms with Crippen LogP contribution in [0.1, 0.15) is 19.7 Å². The van der Waals surface area contributed by atoms with E-state index in [9.17, 15) is 9.59 Å². The zero-order valence-corrected chi connectivity index (χ0v) is 22.0. The molecule has 0 saturated carbocycles. The van der Waals surface area contributed by atoms with Gasteiger partial charge in [0.05, 0.1) is 24.9 Å². The maximum absolute atomic E-state index is 12.8. The summed E-state index contributed by atoms with van der Waals surface area (Å²) in [6.45, 7) is 6.80. The van der Waals surface area contributed by atoms with Gasteiger partial charge in [0.25, 0.3) is 0 Å². The lowest BCUT2D eigenvalue weighted by molar-refractivity contribution is -0.119. The van der Waals surface area contributed by atoms with E-state index in [1.54, 1.807) is 30.2 Å². The standard InChI is InChI=1S/C26H32ClN7O3/c1-16(2)23(24(28)35)32-25-18-6-4-5-7-19(18)29-22(31-25)15-33-10-12-34(13-11-33)26(36)30-20-14-17(27)8-9-21(20)37-3/h4-9,14,16,23H,10-13,15H2,1-3H3,(H2,28,35)(H,30,36)(H,29,31,32)/t23-/m0/s1. The number of benzene rings is 2. The average Bonchev–Trinajstić information content (AvgIpc) is 2.87. The third-order valence-corrected chi connectivity index (χ3v) is 6.58. The number of nitrogens with one attached hydrogen (secondary N) is 2. The van der Waals surface area contributed by atoms with Crippen molar-refractivity contribution >= 4 is 45.9 Å². The number of nitrogens with two attached hydrogens (primary N) is 1. The molecule has 37 heavy (non-hydrogen) atoms. The third-order valence-electron chi connectivity index (χ3n) is 6.34. The number of methoxy groups -OCH3 is 1. The fourth-order valence-electron chi connectivity index (χ4n) is 4.30. The fourth-order valence-corrected chi connectivity index (χ4v) is 4.47. The molecule has 0 spiro atoms. The van der Waals surface area contributed by atoms with E-state index >= 15 is 0 Å². The molecule has 3 amide bonds. The number of fused-ring (bicyclic) bond motifs is 1. The van der Waals surface area contributed by atoms with Crippen molar-refractivity contribution in [2.75, 3.05) is 43.9 Å². The van der Waals surface area contributed by atoms with Gasteiger partial charge in [0.1, 0.15) is 23.4 Å². The predicted molar refractivity (Wildman–Crippen MR) is 145 cm³/mol. The third kappa shape index (κ3) is 6.39. The molecule has 0 radical (unpaired) electrons. The van der Waals surface area contributed by atoms with Crippen LogP contribution in [0.15, 0.2) is 42.5 Å². The van der Waals surface area contributed by atoms with Crippen LogP contribution in [0.2, 0.25) is 5.02 Å². The molecule has 0 aliphatic carbocycles. The van der Waals surface area contributed by atoms with E-state index < -0.39 is 11.9 Å². The zero-order chi connectivity index (χ0) is 26.5. The SMILES string of the molecule is COc1ccc(Cl)cc1NC(=O)N1CCN(Cc2nc(N[C@H](C(N)=O)C(C)C)c3ccccc3n2)CC1. The van der Waals surface area contributed by atoms with E-state index in [0.717, 1.165) is 10.9 Å². The van der Waals surface area contributed by atoms with Crippen LogP contribution in [0.3, 0.4) is 0 Å². The molecular formula is C26H32ClN7O3. The van der Waals surface area contributed by atoms with E-state index in [2.05, 4.69) is 15.5 Å². The van der Waals surface area contributed by atoms with Crippen molar-refractivity contribution in [3.05, 3.63) is 53.3 Å². The minimum Gasteiger partial charge on any atom is -0.495 e. The van der Waals surface area contributed by atoms with E-state index in [4.69, 9.17) is 32.0 Å². The van der Waals surface area contributed by atoms with Gasteiger partial charge in [-0.25, -0.2) is 14.8 Å². The average molecular weight is 526 g/mol. The number of amides is 3. The van der Waals surface area contributed by atoms with E-state index in [1.165, 1.54) is 0 Å². The number of rotatable bonds is 8. The molecule has 1 aliphatic heterocycles. The highest BCUT2D eigenvalue weighted by Crippen LogP contribution is 2.28. The lowest BCUT2D eigenvalue weighted by atomic mass is 10.0. The molecule has 10 nitrogen and oxygen atoms in total. The maximum Gasteiger partial charge on any atom is 0.322 e. The molecule has 196 valence electrons. The van der Waals surface area contributed by atoms with Gasteiger partial charge in [-0.1, -0.05) is 37.6 Å². The van der Waals surface area contributed by atoms with Crippen molar-refractivity contribution < 1.29 is 14.3 Å². The number of anilines is 2. The molecule has 1 saturated heterocycles. The van der Waals surface area contributed by atoms with Crippen molar-refractivity contribution in [3.8, 4) is 5.75 Å². The predicted octanol–water partition coefficient (Wildman–Crippen LogP) is 3.56. The molecule has 1 aliphatic rings. The van der Waals surface area contributed by atoms with Crippen LogP contribution in [0.5, 0.6) is 5.75 Å². The number of primary amides is 1. The van der Waals surface area contributed by atoms with Gasteiger partial charge < -0.3 is 26.0 Å². The number of hydrogen-bond donors (Lipinski definition) is 3. The van der Waals surface area contributed by atoms with Gasteiger partial charge in [0, 0.05) is 36.6 Å². The highest BCUT2D eigenvalue weighted by Gasteiger charge is 2.24. The Bertz CT molecular complexity index is 1280. The van der Waals surface area contributed by atoms with Gasteiger partial charge in [-0.3, -0.25) is 9.69 Å². The summed E-state index contributed by atoms with van der Waals surface area (Å²) in [6.07, 6.45) is 0. The Labute approximate surface area is 221 Å². The lowest BCUT2D eigenvalue weighted by Gasteiger charge is -2.34. The monoisotopic (exact) mass is 525 g/mol. The van der Waals surface area contributed by atoms with Gasteiger partial charge in [-0.05, 0) is 36.2 Å². The summed E-state index contributed by atoms with van der Waals surface area (Å²) in [5, 5.41) is 7.46. The number of aromatic nitrogens is 2. The van der Waals surface area contributed by atoms with Crippen LogP contribution in [-0.4, -0.2) is 71.0 Å². The summed E-state index contributed by atoms with van der Waals surface area (Å²) in [7, 11) is 1.55. The van der Waals surface area contributed by atoms with Crippen LogP contribution < -0.4 is 21.1 Å². The summed E-state index contributed by atoms with van der Waals surface area (Å²) in [6, 6.07) is 12.0.